The number of nitrogens with zero attached hydrogens (tertiary/aromatic N) is 6. The lowest BCUT2D eigenvalue weighted by Crippen LogP contribution is -2.46. The van der Waals surface area contributed by atoms with Gasteiger partial charge in [-0.05, 0) is 99.5 Å². The third kappa shape index (κ3) is 9.85. The third-order valence-electron chi connectivity index (χ3n) is 10.2. The molecule has 2 amide bonds. The van der Waals surface area contributed by atoms with Crippen molar-refractivity contribution in [1.82, 2.24) is 14.2 Å². The fraction of sp³-hybridized carbons (Fsp3) is 0.390. The van der Waals surface area contributed by atoms with Crippen molar-refractivity contribution >= 4 is 39.3 Å². The van der Waals surface area contributed by atoms with Crippen LogP contribution in [0.15, 0.2) is 101 Å². The largest absolute Gasteiger partial charge is 0.481 e. The lowest BCUT2D eigenvalue weighted by atomic mass is 9.85. The van der Waals surface area contributed by atoms with E-state index in [1.165, 1.54) is 47.9 Å². The number of aromatic nitrogens is 1. The SMILES string of the molecule is COc1ccc([C@H](c2ccc(Cl)cc2)[C@H](N=[N+]=[N-])C(=O)Nc2cccc(F)c2CC[C@H]2CN(C(=O)OC(C)(C)C)CC3(CC3)CN2S(=O)(=O)c2ccccc2)cn1. The van der Waals surface area contributed by atoms with Gasteiger partial charge in [-0.15, -0.1) is 0 Å². The zero-order valence-electron chi connectivity index (χ0n) is 32.1. The van der Waals surface area contributed by atoms with Gasteiger partial charge in [0, 0.05) is 70.5 Å². The monoisotopic (exact) mass is 817 g/mol. The van der Waals surface area contributed by atoms with Gasteiger partial charge in [-0.3, -0.25) is 4.79 Å². The highest BCUT2D eigenvalue weighted by atomic mass is 35.5. The molecule has 13 nitrogen and oxygen atoms in total. The van der Waals surface area contributed by atoms with Gasteiger partial charge in [0.05, 0.1) is 12.0 Å². The summed E-state index contributed by atoms with van der Waals surface area (Å²) >= 11 is 6.18. The highest BCUT2D eigenvalue weighted by Gasteiger charge is 2.52. The van der Waals surface area contributed by atoms with Gasteiger partial charge in [0.2, 0.25) is 21.8 Å². The molecule has 1 aromatic heterocycles. The van der Waals surface area contributed by atoms with Gasteiger partial charge in [-0.25, -0.2) is 22.6 Å². The summed E-state index contributed by atoms with van der Waals surface area (Å²) in [5.74, 6) is -1.83. The summed E-state index contributed by atoms with van der Waals surface area (Å²) in [5.41, 5.74) is 9.84. The average Bonchev–Trinajstić information content (AvgIpc) is 3.97. The van der Waals surface area contributed by atoms with Crippen molar-refractivity contribution in [2.24, 2.45) is 10.5 Å². The second-order valence-electron chi connectivity index (χ2n) is 15.5. The molecule has 0 bridgehead atoms. The van der Waals surface area contributed by atoms with E-state index in [-0.39, 0.29) is 42.1 Å². The number of anilines is 1. The zero-order chi connectivity index (χ0) is 41.0. The molecule has 2 heterocycles. The van der Waals surface area contributed by atoms with Crippen LogP contribution >= 0.6 is 11.6 Å². The Morgan fingerprint density at radius 1 is 1.04 bits per heavy atom. The number of hydrogen-bond acceptors (Lipinski definition) is 8. The number of amides is 2. The molecule has 3 atom stereocenters. The summed E-state index contributed by atoms with van der Waals surface area (Å²) < 4.78 is 57.0. The predicted molar refractivity (Wildman–Crippen MR) is 214 cm³/mol. The minimum Gasteiger partial charge on any atom is -0.481 e. The molecule has 16 heteroatoms. The third-order valence-corrected chi connectivity index (χ3v) is 12.4. The molecule has 0 unspecified atom stereocenters. The number of carbonyl (C=O) groups excluding carboxylic acids is 2. The Bertz CT molecular complexity index is 2230. The fourth-order valence-electron chi connectivity index (χ4n) is 7.22. The zero-order valence-corrected chi connectivity index (χ0v) is 33.7. The van der Waals surface area contributed by atoms with Crippen LogP contribution in [0.1, 0.15) is 62.6 Å². The number of methoxy groups -OCH3 is 1. The van der Waals surface area contributed by atoms with Crippen molar-refractivity contribution in [3.05, 3.63) is 129 Å². The summed E-state index contributed by atoms with van der Waals surface area (Å²) in [6.45, 7) is 5.81. The van der Waals surface area contributed by atoms with Crippen molar-refractivity contribution in [1.29, 1.82) is 0 Å². The van der Waals surface area contributed by atoms with Gasteiger partial charge in [-0.1, -0.05) is 59.2 Å². The molecule has 2 aliphatic rings. The first kappa shape index (κ1) is 41.4. The molecule has 3 aromatic carbocycles. The number of ether oxygens (including phenoxy) is 2. The van der Waals surface area contributed by atoms with E-state index in [0.29, 0.717) is 28.6 Å². The highest BCUT2D eigenvalue weighted by Crippen LogP contribution is 2.50. The molecule has 1 spiro atoms. The number of rotatable bonds is 12. The van der Waals surface area contributed by atoms with Crippen molar-refractivity contribution in [3.8, 4) is 5.88 Å². The Hall–Kier alpha value is -5.21. The minimum atomic E-state index is -4.06. The molecule has 6 rings (SSSR count). The normalized spacial score (nSPS) is 17.8. The van der Waals surface area contributed by atoms with Crippen LogP contribution in [0.4, 0.5) is 14.9 Å². The summed E-state index contributed by atoms with van der Waals surface area (Å²) in [6, 6.07) is 20.3. The number of carbonyl (C=O) groups is 2. The molecule has 1 aliphatic carbocycles. The van der Waals surface area contributed by atoms with Gasteiger partial charge in [0.25, 0.3) is 0 Å². The molecule has 0 radical (unpaired) electrons. The summed E-state index contributed by atoms with van der Waals surface area (Å²) in [4.78, 5) is 36.8. The van der Waals surface area contributed by atoms with Crippen LogP contribution in [0.5, 0.6) is 5.88 Å². The maximum atomic E-state index is 15.9. The Morgan fingerprint density at radius 3 is 2.35 bits per heavy atom. The number of hydrogen-bond donors (Lipinski definition) is 1. The summed E-state index contributed by atoms with van der Waals surface area (Å²) in [5, 5.41) is 7.18. The van der Waals surface area contributed by atoms with Crippen LogP contribution in [-0.2, 0) is 26.0 Å². The van der Waals surface area contributed by atoms with Crippen molar-refractivity contribution in [2.75, 3.05) is 32.1 Å². The molecule has 1 N–H and O–H groups in total. The Kier molecular flexibility index (Phi) is 12.4. The van der Waals surface area contributed by atoms with Crippen molar-refractivity contribution in [3.63, 3.8) is 0 Å². The standard InChI is InChI=1S/C41H45ClFN7O6S/c1-40(2,3)56-39(52)49-24-30(50(26-41(25-49)21-22-41)57(53,54)31-9-6-5-7-10-31)18-19-32-33(43)11-8-12-34(32)46-38(51)37(47-48-44)36(27-13-16-29(42)17-14-27)28-15-20-35(55-4)45-23-28/h5-17,20,23,30,36-37H,18-19,21-22,24-26H2,1-4H3,(H,46,51)/t30-,36-,37-/m0/s1. The molecular weight excluding hydrogens is 773 g/mol. The molecule has 2 fully saturated rings. The lowest BCUT2D eigenvalue weighted by molar-refractivity contribution is -0.117. The Labute approximate surface area is 336 Å². The van der Waals surface area contributed by atoms with Crippen LogP contribution in [-0.4, -0.2) is 79.0 Å². The molecule has 1 saturated heterocycles. The minimum absolute atomic E-state index is 0.0104. The molecule has 300 valence electrons. The van der Waals surface area contributed by atoms with Gasteiger partial charge < -0.3 is 19.7 Å². The summed E-state index contributed by atoms with van der Waals surface area (Å²) in [6.07, 6.45) is 2.52. The van der Waals surface area contributed by atoms with Crippen LogP contribution in [0, 0.1) is 11.2 Å². The second-order valence-corrected chi connectivity index (χ2v) is 17.8. The first-order chi connectivity index (χ1) is 27.1. The maximum absolute atomic E-state index is 15.9. The molecule has 1 aliphatic heterocycles. The van der Waals surface area contributed by atoms with E-state index in [2.05, 4.69) is 20.3 Å². The number of nitrogens with one attached hydrogen (secondary N) is 1. The first-order valence-corrected chi connectivity index (χ1v) is 20.4. The fourth-order valence-corrected chi connectivity index (χ4v) is 9.13. The Morgan fingerprint density at radius 2 is 1.74 bits per heavy atom. The average molecular weight is 818 g/mol. The molecule has 1 saturated carbocycles. The molecule has 4 aromatic rings. The number of pyridine rings is 1. The smallest absolute Gasteiger partial charge is 0.410 e. The van der Waals surface area contributed by atoms with E-state index in [1.54, 1.807) is 80.3 Å². The van der Waals surface area contributed by atoms with E-state index < -0.39 is 56.9 Å². The quantitative estimate of drug-likeness (QED) is 0.0852. The summed E-state index contributed by atoms with van der Waals surface area (Å²) in [7, 11) is -2.58. The van der Waals surface area contributed by atoms with Gasteiger partial charge in [-0.2, -0.15) is 4.31 Å². The van der Waals surface area contributed by atoms with E-state index in [9.17, 15) is 23.5 Å². The number of azide groups is 1. The Balaban J connectivity index is 1.33. The van der Waals surface area contributed by atoms with Crippen LogP contribution in [0.3, 0.4) is 0 Å². The van der Waals surface area contributed by atoms with E-state index >= 15 is 4.39 Å². The molecule has 57 heavy (non-hydrogen) atoms. The lowest BCUT2D eigenvalue weighted by Gasteiger charge is -2.32. The first-order valence-electron chi connectivity index (χ1n) is 18.6. The van der Waals surface area contributed by atoms with E-state index in [1.807, 2.05) is 0 Å². The molecular formula is C41H45ClFN7O6S. The number of sulfonamides is 1. The van der Waals surface area contributed by atoms with Crippen molar-refractivity contribution < 1.29 is 31.9 Å². The van der Waals surface area contributed by atoms with Crippen LogP contribution < -0.4 is 10.1 Å². The van der Waals surface area contributed by atoms with Gasteiger partial charge in [0.1, 0.15) is 17.5 Å². The maximum Gasteiger partial charge on any atom is 0.410 e. The number of halogens is 2. The van der Waals surface area contributed by atoms with Crippen molar-refractivity contribution in [2.45, 2.75) is 75.0 Å². The van der Waals surface area contributed by atoms with Gasteiger partial charge >= 0.3 is 6.09 Å². The van der Waals surface area contributed by atoms with Gasteiger partial charge in [0.15, 0.2) is 0 Å². The van der Waals surface area contributed by atoms with E-state index in [4.69, 9.17) is 21.1 Å². The van der Waals surface area contributed by atoms with Crippen LogP contribution in [0.2, 0.25) is 5.02 Å². The predicted octanol–water partition coefficient (Wildman–Crippen LogP) is 8.36. The number of benzene rings is 3. The van der Waals surface area contributed by atoms with E-state index in [0.717, 1.165) is 12.8 Å². The second kappa shape index (κ2) is 17.1. The topological polar surface area (TPSA) is 167 Å². The highest BCUT2D eigenvalue weighted by molar-refractivity contribution is 7.89. The van der Waals surface area contributed by atoms with Crippen LogP contribution in [0.25, 0.3) is 10.4 Å².